The van der Waals surface area contributed by atoms with Crippen LogP contribution in [0, 0.1) is 11.8 Å². The maximum absolute atomic E-state index is 5.48. The van der Waals surface area contributed by atoms with E-state index >= 15 is 0 Å². The maximum Gasteiger partial charge on any atom is 0.0469 e. The Morgan fingerprint density at radius 1 is 1.23 bits per heavy atom. The van der Waals surface area contributed by atoms with Crippen LogP contribution in [0.2, 0.25) is 0 Å². The highest BCUT2D eigenvalue weighted by Gasteiger charge is 2.11. The van der Waals surface area contributed by atoms with Gasteiger partial charge in [0.15, 0.2) is 0 Å². The van der Waals surface area contributed by atoms with Crippen molar-refractivity contribution >= 4 is 0 Å². The molecule has 0 bridgehead atoms. The Labute approximate surface area is 83.1 Å². The van der Waals surface area contributed by atoms with Crippen LogP contribution >= 0.6 is 0 Å². The monoisotopic (exact) mass is 187 g/mol. The lowest BCUT2D eigenvalue weighted by Gasteiger charge is -2.20. The van der Waals surface area contributed by atoms with Crippen molar-refractivity contribution in [2.45, 2.75) is 33.6 Å². The molecule has 13 heavy (non-hydrogen) atoms. The maximum atomic E-state index is 5.48. The summed E-state index contributed by atoms with van der Waals surface area (Å²) >= 11 is 0. The number of rotatable bonds is 8. The zero-order chi connectivity index (χ0) is 10.1. The molecule has 1 N–H and O–H groups in total. The zero-order valence-electron chi connectivity index (χ0n) is 9.60. The Kier molecular flexibility index (Phi) is 8.46. The van der Waals surface area contributed by atoms with Gasteiger partial charge < -0.3 is 10.1 Å². The van der Waals surface area contributed by atoms with Crippen molar-refractivity contribution in [3.05, 3.63) is 0 Å². The minimum absolute atomic E-state index is 0.748. The lowest BCUT2D eigenvalue weighted by atomic mass is 9.93. The molecule has 2 nitrogen and oxygen atoms in total. The molecule has 0 rings (SSSR count). The van der Waals surface area contributed by atoms with Gasteiger partial charge in [-0.2, -0.15) is 0 Å². The van der Waals surface area contributed by atoms with Gasteiger partial charge in [-0.05, 0) is 38.3 Å². The van der Waals surface area contributed by atoms with Gasteiger partial charge in [-0.1, -0.05) is 20.8 Å². The summed E-state index contributed by atoms with van der Waals surface area (Å²) in [6, 6.07) is 0. The van der Waals surface area contributed by atoms with Gasteiger partial charge in [0, 0.05) is 13.2 Å². The first-order valence-electron chi connectivity index (χ1n) is 5.44. The van der Waals surface area contributed by atoms with E-state index in [1.165, 1.54) is 6.42 Å². The summed E-state index contributed by atoms with van der Waals surface area (Å²) in [5.74, 6) is 1.50. The fraction of sp³-hybridized carbons (Fsp3) is 1.00. The average molecular weight is 187 g/mol. The van der Waals surface area contributed by atoms with Crippen molar-refractivity contribution in [2.24, 2.45) is 11.8 Å². The predicted molar refractivity (Wildman–Crippen MR) is 58.0 cm³/mol. The molecule has 0 saturated heterocycles. The summed E-state index contributed by atoms with van der Waals surface area (Å²) in [6.45, 7) is 9.63. The van der Waals surface area contributed by atoms with Gasteiger partial charge in [0.2, 0.25) is 0 Å². The van der Waals surface area contributed by atoms with Crippen LogP contribution in [-0.2, 0) is 4.74 Å². The van der Waals surface area contributed by atoms with E-state index in [9.17, 15) is 0 Å². The highest BCUT2D eigenvalue weighted by molar-refractivity contribution is 4.64. The highest BCUT2D eigenvalue weighted by atomic mass is 16.5. The molecule has 0 saturated carbocycles. The van der Waals surface area contributed by atoms with Crippen molar-refractivity contribution in [3.63, 3.8) is 0 Å². The van der Waals surface area contributed by atoms with Crippen molar-refractivity contribution in [2.75, 3.05) is 26.8 Å². The molecule has 0 radical (unpaired) electrons. The molecule has 0 aromatic carbocycles. The molecule has 0 spiro atoms. The number of nitrogens with one attached hydrogen (secondary N) is 1. The van der Waals surface area contributed by atoms with Crippen molar-refractivity contribution in [1.29, 1.82) is 0 Å². The summed E-state index contributed by atoms with van der Waals surface area (Å²) in [5, 5.41) is 3.23. The smallest absolute Gasteiger partial charge is 0.0469 e. The van der Waals surface area contributed by atoms with Gasteiger partial charge in [0.1, 0.15) is 0 Å². The van der Waals surface area contributed by atoms with Crippen molar-refractivity contribution < 1.29 is 4.74 Å². The lowest BCUT2D eigenvalue weighted by molar-refractivity contribution is 0.113. The third kappa shape index (κ3) is 7.03. The molecule has 80 valence electrons. The van der Waals surface area contributed by atoms with Gasteiger partial charge >= 0.3 is 0 Å². The molecular weight excluding hydrogens is 162 g/mol. The Morgan fingerprint density at radius 2 is 1.92 bits per heavy atom. The molecule has 0 fully saturated rings. The molecule has 0 aliphatic rings. The van der Waals surface area contributed by atoms with Crippen LogP contribution in [0.3, 0.4) is 0 Å². The second-order valence-corrected chi connectivity index (χ2v) is 3.96. The molecule has 1 atom stereocenters. The fourth-order valence-corrected chi connectivity index (χ4v) is 1.41. The van der Waals surface area contributed by atoms with Gasteiger partial charge in [-0.3, -0.25) is 0 Å². The van der Waals surface area contributed by atoms with Gasteiger partial charge in [-0.25, -0.2) is 0 Å². The van der Waals surface area contributed by atoms with Gasteiger partial charge in [-0.15, -0.1) is 0 Å². The first-order chi connectivity index (χ1) is 6.22. The Hall–Kier alpha value is -0.0800. The summed E-state index contributed by atoms with van der Waals surface area (Å²) in [6.07, 6.45) is 2.30. The fourth-order valence-electron chi connectivity index (χ4n) is 1.41. The summed E-state index contributed by atoms with van der Waals surface area (Å²) in [5.41, 5.74) is 0. The number of ether oxygens (including phenoxy) is 1. The van der Waals surface area contributed by atoms with Crippen LogP contribution in [0.5, 0.6) is 0 Å². The Bertz CT molecular complexity index is 104. The third-order valence-corrected chi connectivity index (χ3v) is 2.39. The topological polar surface area (TPSA) is 21.3 Å². The van der Waals surface area contributed by atoms with Gasteiger partial charge in [0.05, 0.1) is 0 Å². The van der Waals surface area contributed by atoms with E-state index in [2.05, 4.69) is 26.1 Å². The highest BCUT2D eigenvalue weighted by Crippen LogP contribution is 2.13. The van der Waals surface area contributed by atoms with E-state index in [-0.39, 0.29) is 0 Å². The van der Waals surface area contributed by atoms with Crippen LogP contribution in [0.4, 0.5) is 0 Å². The summed E-state index contributed by atoms with van der Waals surface area (Å²) in [7, 11) is 2.02. The molecule has 0 aliphatic carbocycles. The molecule has 0 heterocycles. The molecule has 0 amide bonds. The van der Waals surface area contributed by atoms with Crippen LogP contribution < -0.4 is 5.32 Å². The van der Waals surface area contributed by atoms with E-state index in [4.69, 9.17) is 4.74 Å². The third-order valence-electron chi connectivity index (χ3n) is 2.39. The SMILES string of the molecule is CCCOCCC(CNC)C(C)C. The van der Waals surface area contributed by atoms with E-state index in [1.54, 1.807) is 0 Å². The Morgan fingerprint density at radius 3 is 2.38 bits per heavy atom. The van der Waals surface area contributed by atoms with Crippen molar-refractivity contribution in [1.82, 2.24) is 5.32 Å². The minimum atomic E-state index is 0.748. The van der Waals surface area contributed by atoms with Crippen LogP contribution in [-0.4, -0.2) is 26.8 Å². The van der Waals surface area contributed by atoms with E-state index in [1.807, 2.05) is 7.05 Å². The minimum Gasteiger partial charge on any atom is -0.381 e. The van der Waals surface area contributed by atoms with Crippen LogP contribution in [0.15, 0.2) is 0 Å². The second-order valence-electron chi connectivity index (χ2n) is 3.96. The molecular formula is C11H25NO. The molecule has 2 heteroatoms. The second kappa shape index (κ2) is 8.52. The van der Waals surface area contributed by atoms with Crippen molar-refractivity contribution in [3.8, 4) is 0 Å². The first kappa shape index (κ1) is 12.9. The number of hydrogen-bond donors (Lipinski definition) is 1. The standard InChI is InChI=1S/C11H25NO/c1-5-7-13-8-6-11(9-12-4)10(2)3/h10-12H,5-9H2,1-4H3. The van der Waals surface area contributed by atoms with Gasteiger partial charge in [0.25, 0.3) is 0 Å². The molecule has 0 aromatic heterocycles. The van der Waals surface area contributed by atoms with E-state index < -0.39 is 0 Å². The first-order valence-corrected chi connectivity index (χ1v) is 5.44. The quantitative estimate of drug-likeness (QED) is 0.589. The summed E-state index contributed by atoms with van der Waals surface area (Å²) in [4.78, 5) is 0. The lowest BCUT2D eigenvalue weighted by Crippen LogP contribution is -2.24. The van der Waals surface area contributed by atoms with E-state index in [0.717, 1.165) is 38.0 Å². The van der Waals surface area contributed by atoms with E-state index in [0.29, 0.717) is 0 Å². The molecule has 0 aliphatic heterocycles. The molecule has 0 aromatic rings. The normalized spacial score (nSPS) is 13.6. The van der Waals surface area contributed by atoms with Crippen LogP contribution in [0.1, 0.15) is 33.6 Å². The average Bonchev–Trinajstić information content (AvgIpc) is 2.10. The Balaban J connectivity index is 3.45. The van der Waals surface area contributed by atoms with Crippen LogP contribution in [0.25, 0.3) is 0 Å². The molecule has 1 unspecified atom stereocenters. The summed E-state index contributed by atoms with van der Waals surface area (Å²) < 4.78 is 5.48. The predicted octanol–water partition coefficient (Wildman–Crippen LogP) is 2.29. The largest absolute Gasteiger partial charge is 0.381 e. The zero-order valence-corrected chi connectivity index (χ0v) is 9.60. The number of hydrogen-bond acceptors (Lipinski definition) is 2.